The van der Waals surface area contributed by atoms with E-state index in [0.29, 0.717) is 12.0 Å². The standard InChI is InChI=1S/C18H18N2O5/c1-11-4-5-12(2)15(8-11)19-18(22)13(3)25-17-7-6-14(10-21)9-16(17)20(23)24/h4-10,13H,1-3H3,(H,19,22)/t13-/m1/s1. The first-order chi connectivity index (χ1) is 11.8. The van der Waals surface area contributed by atoms with Gasteiger partial charge in [-0.25, -0.2) is 0 Å². The number of nitro groups is 1. The molecule has 7 nitrogen and oxygen atoms in total. The van der Waals surface area contributed by atoms with E-state index in [1.807, 2.05) is 32.0 Å². The van der Waals surface area contributed by atoms with Crippen molar-refractivity contribution in [1.82, 2.24) is 0 Å². The Balaban J connectivity index is 2.17. The van der Waals surface area contributed by atoms with Crippen LogP contribution in [0.4, 0.5) is 11.4 Å². The van der Waals surface area contributed by atoms with Gasteiger partial charge in [-0.2, -0.15) is 0 Å². The fraction of sp³-hybridized carbons (Fsp3) is 0.222. The van der Waals surface area contributed by atoms with Crippen LogP contribution >= 0.6 is 0 Å². The van der Waals surface area contributed by atoms with Crippen LogP contribution in [0.15, 0.2) is 36.4 Å². The lowest BCUT2D eigenvalue weighted by atomic mass is 10.1. The largest absolute Gasteiger partial charge is 0.474 e. The molecule has 0 fully saturated rings. The number of hydrogen-bond donors (Lipinski definition) is 1. The normalized spacial score (nSPS) is 11.5. The Labute approximate surface area is 144 Å². The highest BCUT2D eigenvalue weighted by Crippen LogP contribution is 2.28. The Morgan fingerprint density at radius 2 is 1.96 bits per heavy atom. The number of aryl methyl sites for hydroxylation is 2. The summed E-state index contributed by atoms with van der Waals surface area (Å²) in [5.41, 5.74) is 2.34. The zero-order valence-electron chi connectivity index (χ0n) is 14.1. The highest BCUT2D eigenvalue weighted by Gasteiger charge is 2.22. The van der Waals surface area contributed by atoms with Crippen molar-refractivity contribution < 1.29 is 19.2 Å². The zero-order chi connectivity index (χ0) is 18.6. The van der Waals surface area contributed by atoms with Crippen LogP contribution in [0.3, 0.4) is 0 Å². The Hall–Kier alpha value is -3.22. The first-order valence-corrected chi connectivity index (χ1v) is 7.60. The molecule has 2 aromatic rings. The number of aldehydes is 1. The van der Waals surface area contributed by atoms with E-state index in [2.05, 4.69) is 5.32 Å². The number of nitro benzene ring substituents is 1. The maximum atomic E-state index is 12.3. The third-order valence-electron chi connectivity index (χ3n) is 3.64. The molecule has 0 unspecified atom stereocenters. The average molecular weight is 342 g/mol. The van der Waals surface area contributed by atoms with Crippen molar-refractivity contribution in [2.24, 2.45) is 0 Å². The molecule has 0 heterocycles. The number of nitrogens with zero attached hydrogens (tertiary/aromatic N) is 1. The van der Waals surface area contributed by atoms with Crippen molar-refractivity contribution in [1.29, 1.82) is 0 Å². The van der Waals surface area contributed by atoms with Crippen molar-refractivity contribution in [2.75, 3.05) is 5.32 Å². The summed E-state index contributed by atoms with van der Waals surface area (Å²) in [7, 11) is 0. The number of hydrogen-bond acceptors (Lipinski definition) is 5. The molecule has 0 bridgehead atoms. The van der Waals surface area contributed by atoms with Crippen LogP contribution in [0.2, 0.25) is 0 Å². The van der Waals surface area contributed by atoms with Crippen molar-refractivity contribution in [3.8, 4) is 5.75 Å². The van der Waals surface area contributed by atoms with Gasteiger partial charge in [0.25, 0.3) is 5.91 Å². The molecular weight excluding hydrogens is 324 g/mol. The van der Waals surface area contributed by atoms with Gasteiger partial charge in [-0.1, -0.05) is 12.1 Å². The van der Waals surface area contributed by atoms with E-state index in [9.17, 15) is 19.7 Å². The lowest BCUT2D eigenvalue weighted by Crippen LogP contribution is -2.30. The van der Waals surface area contributed by atoms with Crippen molar-refractivity contribution in [2.45, 2.75) is 26.9 Å². The van der Waals surface area contributed by atoms with Gasteiger partial charge in [-0.3, -0.25) is 19.7 Å². The van der Waals surface area contributed by atoms with Crippen LogP contribution in [0.1, 0.15) is 28.4 Å². The molecule has 1 atom stereocenters. The smallest absolute Gasteiger partial charge is 0.311 e. The molecule has 0 saturated heterocycles. The van der Waals surface area contributed by atoms with Gasteiger partial charge in [0.2, 0.25) is 0 Å². The van der Waals surface area contributed by atoms with Gasteiger partial charge in [-0.15, -0.1) is 0 Å². The molecule has 0 aliphatic rings. The van der Waals surface area contributed by atoms with Crippen LogP contribution in [-0.2, 0) is 4.79 Å². The summed E-state index contributed by atoms with van der Waals surface area (Å²) in [5.74, 6) is -0.498. The first kappa shape index (κ1) is 18.1. The molecule has 2 aromatic carbocycles. The summed E-state index contributed by atoms with van der Waals surface area (Å²) in [5, 5.41) is 13.9. The lowest BCUT2D eigenvalue weighted by molar-refractivity contribution is -0.386. The minimum atomic E-state index is -0.958. The molecule has 0 radical (unpaired) electrons. The first-order valence-electron chi connectivity index (χ1n) is 7.60. The highest BCUT2D eigenvalue weighted by molar-refractivity contribution is 5.95. The van der Waals surface area contributed by atoms with Gasteiger partial charge in [0.15, 0.2) is 11.9 Å². The number of nitrogens with one attached hydrogen (secondary N) is 1. The molecule has 25 heavy (non-hydrogen) atoms. The summed E-state index contributed by atoms with van der Waals surface area (Å²) in [4.78, 5) is 33.5. The van der Waals surface area contributed by atoms with Crippen LogP contribution in [-0.4, -0.2) is 23.2 Å². The summed E-state index contributed by atoms with van der Waals surface area (Å²) >= 11 is 0. The Morgan fingerprint density at radius 1 is 1.24 bits per heavy atom. The Kier molecular flexibility index (Phi) is 5.49. The van der Waals surface area contributed by atoms with E-state index in [-0.39, 0.29) is 17.0 Å². The molecule has 0 spiro atoms. The lowest BCUT2D eigenvalue weighted by Gasteiger charge is -2.16. The quantitative estimate of drug-likeness (QED) is 0.492. The second-order valence-electron chi connectivity index (χ2n) is 5.67. The fourth-order valence-electron chi connectivity index (χ4n) is 2.20. The number of carbonyl (C=O) groups is 2. The number of benzene rings is 2. The van der Waals surface area contributed by atoms with E-state index >= 15 is 0 Å². The Bertz CT molecular complexity index is 832. The van der Waals surface area contributed by atoms with Crippen LogP contribution in [0, 0.1) is 24.0 Å². The van der Waals surface area contributed by atoms with Crippen molar-refractivity contribution >= 4 is 23.6 Å². The second kappa shape index (κ2) is 7.57. The molecule has 2 rings (SSSR count). The SMILES string of the molecule is Cc1ccc(C)c(NC(=O)[C@@H](C)Oc2ccc(C=O)cc2[N+](=O)[O-])c1. The van der Waals surface area contributed by atoms with Crippen LogP contribution in [0.5, 0.6) is 5.75 Å². The summed E-state index contributed by atoms with van der Waals surface area (Å²) < 4.78 is 5.44. The summed E-state index contributed by atoms with van der Waals surface area (Å²) in [6.07, 6.45) is -0.450. The van der Waals surface area contributed by atoms with E-state index in [0.717, 1.165) is 17.2 Å². The molecule has 0 aromatic heterocycles. The minimum Gasteiger partial charge on any atom is -0.474 e. The minimum absolute atomic E-state index is 0.0702. The topological polar surface area (TPSA) is 98.5 Å². The number of amides is 1. The Morgan fingerprint density at radius 3 is 2.60 bits per heavy atom. The van der Waals surface area contributed by atoms with Gasteiger partial charge >= 0.3 is 5.69 Å². The van der Waals surface area contributed by atoms with Crippen LogP contribution < -0.4 is 10.1 Å². The fourth-order valence-corrected chi connectivity index (χ4v) is 2.20. The highest BCUT2D eigenvalue weighted by atomic mass is 16.6. The molecule has 1 N–H and O–H groups in total. The predicted molar refractivity (Wildman–Crippen MR) is 93.1 cm³/mol. The van der Waals surface area contributed by atoms with E-state index < -0.39 is 16.9 Å². The maximum absolute atomic E-state index is 12.3. The van der Waals surface area contributed by atoms with Crippen molar-refractivity contribution in [3.63, 3.8) is 0 Å². The van der Waals surface area contributed by atoms with Crippen molar-refractivity contribution in [3.05, 3.63) is 63.2 Å². The van der Waals surface area contributed by atoms with Gasteiger partial charge in [0.05, 0.1) is 4.92 Å². The van der Waals surface area contributed by atoms with Gasteiger partial charge in [0, 0.05) is 17.3 Å². The molecule has 1 amide bonds. The second-order valence-corrected chi connectivity index (χ2v) is 5.67. The molecule has 0 aliphatic heterocycles. The van der Waals surface area contributed by atoms with Crippen LogP contribution in [0.25, 0.3) is 0 Å². The number of anilines is 1. The molecular formula is C18H18N2O5. The van der Waals surface area contributed by atoms with E-state index in [4.69, 9.17) is 4.74 Å². The molecule has 0 aliphatic carbocycles. The molecule has 0 saturated carbocycles. The molecule has 7 heteroatoms. The monoisotopic (exact) mass is 342 g/mol. The van der Waals surface area contributed by atoms with Gasteiger partial charge in [-0.05, 0) is 50.1 Å². The summed E-state index contributed by atoms with van der Waals surface area (Å²) in [6, 6.07) is 9.47. The third kappa shape index (κ3) is 4.41. The zero-order valence-corrected chi connectivity index (χ0v) is 14.1. The van der Waals surface area contributed by atoms with Gasteiger partial charge < -0.3 is 10.1 Å². The molecule has 130 valence electrons. The predicted octanol–water partition coefficient (Wildman–Crippen LogP) is 3.43. The van der Waals surface area contributed by atoms with E-state index in [1.165, 1.54) is 19.1 Å². The third-order valence-corrected chi connectivity index (χ3v) is 3.64. The number of carbonyl (C=O) groups excluding carboxylic acids is 2. The number of ether oxygens (including phenoxy) is 1. The summed E-state index contributed by atoms with van der Waals surface area (Å²) in [6.45, 7) is 5.27. The van der Waals surface area contributed by atoms with Gasteiger partial charge in [0.1, 0.15) is 6.29 Å². The maximum Gasteiger partial charge on any atom is 0.311 e. The number of rotatable bonds is 6. The average Bonchev–Trinajstić information content (AvgIpc) is 2.58. The van der Waals surface area contributed by atoms with E-state index in [1.54, 1.807) is 0 Å².